The van der Waals surface area contributed by atoms with Crippen LogP contribution in [0.25, 0.3) is 22.2 Å². The molecule has 2 atom stereocenters. The molecule has 2 fully saturated rings. The van der Waals surface area contributed by atoms with Crippen LogP contribution >= 0.6 is 11.6 Å². The molecule has 2 aromatic heterocycles. The molecule has 4 heterocycles. The highest BCUT2D eigenvalue weighted by atomic mass is 35.5. The van der Waals surface area contributed by atoms with E-state index in [0.717, 1.165) is 0 Å². The Balaban J connectivity index is 1.47. The predicted molar refractivity (Wildman–Crippen MR) is 153 cm³/mol. The molecule has 1 amide bonds. The number of nitrogen functional groups attached to an aromatic ring is 1. The number of carbonyl (C=O) groups excluding carboxylic acids is 1. The normalized spacial score (nSPS) is 19.8. The number of aromatic nitrogens is 3. The van der Waals surface area contributed by atoms with Gasteiger partial charge in [-0.25, -0.2) is 9.97 Å². The summed E-state index contributed by atoms with van der Waals surface area (Å²) in [6, 6.07) is 4.55. The van der Waals surface area contributed by atoms with Gasteiger partial charge in [-0.15, -0.1) is 0 Å². The number of carbonyl (C=O) groups is 1. The van der Waals surface area contributed by atoms with E-state index >= 15 is 0 Å². The maximum absolute atomic E-state index is 13.1. The van der Waals surface area contributed by atoms with Gasteiger partial charge in [-0.3, -0.25) is 9.69 Å². The highest BCUT2D eigenvalue weighted by Crippen LogP contribution is 2.41. The number of aliphatic hydroxyl groups excluding tert-OH is 1. The lowest BCUT2D eigenvalue weighted by Crippen LogP contribution is -2.61. The lowest BCUT2D eigenvalue weighted by atomic mass is 9.91. The third kappa shape index (κ3) is 5.60. The third-order valence-corrected chi connectivity index (χ3v) is 7.88. The molecule has 41 heavy (non-hydrogen) atoms. The summed E-state index contributed by atoms with van der Waals surface area (Å²) in [5, 5.41) is 11.3. The number of amides is 1. The van der Waals surface area contributed by atoms with Crippen molar-refractivity contribution in [2.75, 3.05) is 31.9 Å². The first-order valence-electron chi connectivity index (χ1n) is 13.3. The van der Waals surface area contributed by atoms with Crippen LogP contribution in [-0.4, -0.2) is 80.3 Å². The van der Waals surface area contributed by atoms with Crippen molar-refractivity contribution < 1.29 is 23.4 Å². The lowest BCUT2D eigenvalue weighted by Gasteiger charge is -2.47. The Morgan fingerprint density at radius 3 is 2.71 bits per heavy atom. The number of anilines is 1. The molecular weight excluding hydrogens is 554 g/mol. The summed E-state index contributed by atoms with van der Waals surface area (Å²) in [4.78, 5) is 24.4. The molecule has 2 aliphatic heterocycles. The largest absolute Gasteiger partial charge is 0.433 e. The van der Waals surface area contributed by atoms with Crippen LogP contribution in [0.4, 0.5) is 14.6 Å². The van der Waals surface area contributed by atoms with Crippen molar-refractivity contribution in [2.24, 2.45) is 5.92 Å². The zero-order chi connectivity index (χ0) is 29.4. The second-order valence-corrected chi connectivity index (χ2v) is 10.9. The van der Waals surface area contributed by atoms with E-state index in [1.165, 1.54) is 24.5 Å². The highest BCUT2D eigenvalue weighted by molar-refractivity contribution is 6.32. The monoisotopic (exact) mass is 584 g/mol. The average Bonchev–Trinajstić information content (AvgIpc) is 3.24. The van der Waals surface area contributed by atoms with Gasteiger partial charge in [0.1, 0.15) is 29.2 Å². The van der Waals surface area contributed by atoms with E-state index < -0.39 is 12.7 Å². The van der Waals surface area contributed by atoms with E-state index in [1.807, 2.05) is 18.4 Å². The summed E-state index contributed by atoms with van der Waals surface area (Å²) in [5.74, 6) is 6.65. The minimum Gasteiger partial charge on any atom is -0.433 e. The number of nitrogens with zero attached hydrogens (tertiary/aromatic N) is 5. The van der Waals surface area contributed by atoms with Crippen LogP contribution in [0, 0.1) is 17.8 Å². The summed E-state index contributed by atoms with van der Waals surface area (Å²) in [7, 11) is 0. The average molecular weight is 585 g/mol. The van der Waals surface area contributed by atoms with Crippen molar-refractivity contribution in [3.8, 4) is 28.7 Å². The first kappa shape index (κ1) is 28.8. The molecule has 3 N–H and O–H groups in total. The molecule has 5 rings (SSSR count). The molecule has 0 bridgehead atoms. The third-order valence-electron chi connectivity index (χ3n) is 7.57. The molecule has 216 valence electrons. The van der Waals surface area contributed by atoms with Gasteiger partial charge in [0.15, 0.2) is 0 Å². The Labute approximate surface area is 241 Å². The van der Waals surface area contributed by atoms with Crippen LogP contribution in [0.2, 0.25) is 5.02 Å². The Hall–Kier alpha value is -3.72. The van der Waals surface area contributed by atoms with Crippen molar-refractivity contribution in [3.05, 3.63) is 47.9 Å². The summed E-state index contributed by atoms with van der Waals surface area (Å²) in [6.45, 7) is 6.67. The Morgan fingerprint density at radius 1 is 1.29 bits per heavy atom. The van der Waals surface area contributed by atoms with Gasteiger partial charge in [0, 0.05) is 49.7 Å². The standard InChI is InChI=1S/C29H31ClF2N6O3/c1-4-24(40)36-10-9-20(22(39)14-36)37-12-17(13-37)5-8-21-25(18-6-7-19(30)23(11-18)41-29(31)32)26-27(33)34-15-35-28(26)38(21)16(2)3/h4,6-7,11,15-17,20,22,29,39H,1,9-10,12-14H2,2-3H3,(H2,33,34,35)/t20-,22+/m0/s1. The fourth-order valence-corrected chi connectivity index (χ4v) is 5.79. The number of benzene rings is 1. The van der Waals surface area contributed by atoms with Crippen molar-refractivity contribution >= 4 is 34.4 Å². The van der Waals surface area contributed by atoms with Crippen molar-refractivity contribution in [2.45, 2.75) is 45.1 Å². The molecule has 1 aromatic carbocycles. The quantitative estimate of drug-likeness (QED) is 0.333. The number of alkyl halides is 2. The second-order valence-electron chi connectivity index (χ2n) is 10.5. The van der Waals surface area contributed by atoms with Crippen LogP contribution in [0.15, 0.2) is 37.2 Å². The fourth-order valence-electron chi connectivity index (χ4n) is 5.63. The van der Waals surface area contributed by atoms with Gasteiger partial charge < -0.3 is 25.0 Å². The van der Waals surface area contributed by atoms with E-state index in [4.69, 9.17) is 17.3 Å². The molecule has 9 nitrogen and oxygen atoms in total. The summed E-state index contributed by atoms with van der Waals surface area (Å²) in [6.07, 6.45) is 2.67. The highest BCUT2D eigenvalue weighted by Gasteiger charge is 2.39. The predicted octanol–water partition coefficient (Wildman–Crippen LogP) is 3.95. The number of β-amino-alcohol motifs (C(OH)–C–C–N with tert-alkyl or cyclic N) is 1. The van der Waals surface area contributed by atoms with Crippen molar-refractivity contribution in [1.29, 1.82) is 0 Å². The van der Waals surface area contributed by atoms with Crippen LogP contribution < -0.4 is 10.5 Å². The number of ether oxygens (including phenoxy) is 1. The zero-order valence-corrected chi connectivity index (χ0v) is 23.5. The Bertz CT molecular complexity index is 1540. The number of piperidine rings is 1. The molecule has 0 saturated carbocycles. The van der Waals surface area contributed by atoms with E-state index in [0.29, 0.717) is 53.9 Å². The maximum Gasteiger partial charge on any atom is 0.387 e. The van der Waals surface area contributed by atoms with Gasteiger partial charge >= 0.3 is 6.61 Å². The van der Waals surface area contributed by atoms with Crippen molar-refractivity contribution in [1.82, 2.24) is 24.3 Å². The van der Waals surface area contributed by atoms with E-state index in [2.05, 4.69) is 38.0 Å². The number of hydrogen-bond acceptors (Lipinski definition) is 7. The van der Waals surface area contributed by atoms with E-state index in [9.17, 15) is 18.7 Å². The first-order valence-corrected chi connectivity index (χ1v) is 13.7. The second kappa shape index (κ2) is 11.6. The Kier molecular flexibility index (Phi) is 8.18. The smallest absolute Gasteiger partial charge is 0.387 e. The molecule has 2 aliphatic rings. The van der Waals surface area contributed by atoms with Gasteiger partial charge in [-0.2, -0.15) is 8.78 Å². The molecule has 2 saturated heterocycles. The number of likely N-dealkylation sites (tertiary alicyclic amines) is 2. The molecule has 3 aromatic rings. The molecular formula is C29H31ClF2N6O3. The van der Waals surface area contributed by atoms with Gasteiger partial charge in [0.05, 0.1) is 16.5 Å². The van der Waals surface area contributed by atoms with Gasteiger partial charge in [-0.1, -0.05) is 30.2 Å². The van der Waals surface area contributed by atoms with Gasteiger partial charge in [-0.05, 0) is 50.0 Å². The molecule has 12 heteroatoms. The minimum atomic E-state index is -3.04. The van der Waals surface area contributed by atoms with Crippen molar-refractivity contribution in [3.63, 3.8) is 0 Å². The SMILES string of the molecule is C=CC(=O)N1CC[C@H](N2CC(C#Cc3c(-c4ccc(Cl)c(OC(F)F)c4)c4c(N)ncnc4n3C(C)C)C2)[C@H](O)C1. The van der Waals surface area contributed by atoms with Crippen LogP contribution in [0.3, 0.4) is 0 Å². The number of hydrogen-bond donors (Lipinski definition) is 2. The maximum atomic E-state index is 13.1. The van der Waals surface area contributed by atoms with Gasteiger partial charge in [0.2, 0.25) is 5.91 Å². The molecule has 0 radical (unpaired) electrons. The number of aliphatic hydroxyl groups is 1. The Morgan fingerprint density at radius 2 is 2.05 bits per heavy atom. The van der Waals surface area contributed by atoms with Gasteiger partial charge in [0.25, 0.3) is 0 Å². The summed E-state index contributed by atoms with van der Waals surface area (Å²) >= 11 is 6.13. The number of nitrogens with two attached hydrogens (primary N) is 1. The zero-order valence-electron chi connectivity index (χ0n) is 22.7. The minimum absolute atomic E-state index is 0.0445. The number of halogens is 3. The molecule has 0 aliphatic carbocycles. The van der Waals surface area contributed by atoms with E-state index in [-0.39, 0.29) is 47.0 Å². The molecule has 0 unspecified atom stereocenters. The number of rotatable bonds is 6. The first-order chi connectivity index (χ1) is 19.6. The van der Waals surface area contributed by atoms with Crippen LogP contribution in [-0.2, 0) is 4.79 Å². The van der Waals surface area contributed by atoms with Crippen LogP contribution in [0.1, 0.15) is 32.0 Å². The fraction of sp³-hybridized carbons (Fsp3) is 0.414. The molecule has 0 spiro atoms. The van der Waals surface area contributed by atoms with E-state index in [1.54, 1.807) is 11.0 Å². The lowest BCUT2D eigenvalue weighted by molar-refractivity contribution is -0.132. The topological polar surface area (TPSA) is 110 Å². The number of fused-ring (bicyclic) bond motifs is 1. The summed E-state index contributed by atoms with van der Waals surface area (Å²) < 4.78 is 32.8. The van der Waals surface area contributed by atoms with Crippen LogP contribution in [0.5, 0.6) is 5.75 Å². The summed E-state index contributed by atoms with van der Waals surface area (Å²) in [5.41, 5.74) is 8.68.